The average molecular weight is 304 g/mol. The second kappa shape index (κ2) is 5.31. The fourth-order valence-electron chi connectivity index (χ4n) is 4.59. The maximum atomic E-state index is 13.0. The van der Waals surface area contributed by atoms with Crippen LogP contribution in [0.15, 0.2) is 24.3 Å². The lowest BCUT2D eigenvalue weighted by molar-refractivity contribution is -0.140. The largest absolute Gasteiger partial charge is 0.336 e. The van der Waals surface area contributed by atoms with Crippen molar-refractivity contribution in [2.24, 2.45) is 5.92 Å². The summed E-state index contributed by atoms with van der Waals surface area (Å²) >= 11 is 6.33. The van der Waals surface area contributed by atoms with Crippen molar-refractivity contribution in [3.63, 3.8) is 0 Å². The minimum absolute atomic E-state index is 0.190. The van der Waals surface area contributed by atoms with Gasteiger partial charge in [0.2, 0.25) is 5.91 Å². The molecule has 2 aliphatic heterocycles. The number of rotatable bonds is 1. The molecule has 0 radical (unpaired) electrons. The number of hydrogen-bond acceptors (Lipinski definition) is 1. The molecule has 1 aromatic rings. The number of carbonyl (C=O) groups is 1. The summed E-state index contributed by atoms with van der Waals surface area (Å²) < 4.78 is 0. The van der Waals surface area contributed by atoms with Gasteiger partial charge in [0.05, 0.1) is 0 Å². The molecular formula is C18H22ClNO. The van der Waals surface area contributed by atoms with Gasteiger partial charge in [0, 0.05) is 23.4 Å². The SMILES string of the molecule is O=C(C1CCc2ccccc2C1)N1C2CCC1CC(Cl)C2. The number of amides is 1. The molecule has 0 aromatic heterocycles. The van der Waals surface area contributed by atoms with Crippen LogP contribution >= 0.6 is 11.6 Å². The molecule has 0 saturated carbocycles. The molecule has 3 aliphatic rings. The topological polar surface area (TPSA) is 20.3 Å². The molecular weight excluding hydrogens is 282 g/mol. The number of carbonyl (C=O) groups excluding carboxylic acids is 1. The smallest absolute Gasteiger partial charge is 0.226 e. The molecule has 0 spiro atoms. The summed E-state index contributed by atoms with van der Waals surface area (Å²) in [5.74, 6) is 0.593. The molecule has 3 heteroatoms. The van der Waals surface area contributed by atoms with Gasteiger partial charge in [-0.25, -0.2) is 0 Å². The van der Waals surface area contributed by atoms with Crippen molar-refractivity contribution in [2.45, 2.75) is 62.4 Å². The number of aryl methyl sites for hydroxylation is 1. The lowest BCUT2D eigenvalue weighted by Gasteiger charge is -2.40. The summed E-state index contributed by atoms with van der Waals surface area (Å²) in [4.78, 5) is 15.2. The summed E-state index contributed by atoms with van der Waals surface area (Å²) in [5, 5.41) is 0.277. The maximum absolute atomic E-state index is 13.0. The Bertz CT molecular complexity index is 544. The van der Waals surface area contributed by atoms with Crippen molar-refractivity contribution in [1.82, 2.24) is 4.90 Å². The second-order valence-electron chi connectivity index (χ2n) is 6.91. The van der Waals surface area contributed by atoms with Crippen LogP contribution in [-0.4, -0.2) is 28.3 Å². The van der Waals surface area contributed by atoms with Gasteiger partial charge >= 0.3 is 0 Å². The van der Waals surface area contributed by atoms with Crippen LogP contribution in [-0.2, 0) is 17.6 Å². The molecule has 3 atom stereocenters. The van der Waals surface area contributed by atoms with E-state index in [0.29, 0.717) is 18.0 Å². The Morgan fingerprint density at radius 2 is 1.71 bits per heavy atom. The van der Waals surface area contributed by atoms with E-state index in [2.05, 4.69) is 29.2 Å². The first-order valence-corrected chi connectivity index (χ1v) is 8.69. The van der Waals surface area contributed by atoms with Crippen molar-refractivity contribution >= 4 is 17.5 Å². The number of halogens is 1. The standard InChI is InChI=1S/C18H22ClNO/c19-15-10-16-7-8-17(11-15)20(16)18(21)14-6-5-12-3-1-2-4-13(12)9-14/h1-4,14-17H,5-11H2. The zero-order valence-electron chi connectivity index (χ0n) is 12.3. The summed E-state index contributed by atoms with van der Waals surface area (Å²) in [6, 6.07) is 9.42. The lowest BCUT2D eigenvalue weighted by Crippen LogP contribution is -2.50. The number of nitrogens with zero attached hydrogens (tertiary/aromatic N) is 1. The van der Waals surface area contributed by atoms with Gasteiger partial charge in [-0.05, 0) is 56.1 Å². The first kappa shape index (κ1) is 13.6. The van der Waals surface area contributed by atoms with Gasteiger partial charge < -0.3 is 4.90 Å². The normalized spacial score (nSPS) is 34.6. The monoisotopic (exact) mass is 303 g/mol. The van der Waals surface area contributed by atoms with Crippen molar-refractivity contribution in [3.8, 4) is 0 Å². The minimum Gasteiger partial charge on any atom is -0.336 e. The highest BCUT2D eigenvalue weighted by atomic mass is 35.5. The quantitative estimate of drug-likeness (QED) is 0.727. The van der Waals surface area contributed by atoms with Gasteiger partial charge in [0.1, 0.15) is 0 Å². The highest BCUT2D eigenvalue weighted by molar-refractivity contribution is 6.20. The molecule has 21 heavy (non-hydrogen) atoms. The fourth-order valence-corrected chi connectivity index (χ4v) is 5.00. The molecule has 2 heterocycles. The Morgan fingerprint density at radius 3 is 2.43 bits per heavy atom. The van der Waals surface area contributed by atoms with Crippen LogP contribution in [0.3, 0.4) is 0 Å². The lowest BCUT2D eigenvalue weighted by atomic mass is 9.82. The minimum atomic E-state index is 0.190. The van der Waals surface area contributed by atoms with Crippen LogP contribution in [0.5, 0.6) is 0 Å². The Morgan fingerprint density at radius 1 is 1.05 bits per heavy atom. The first-order chi connectivity index (χ1) is 10.2. The Labute approximate surface area is 131 Å². The van der Waals surface area contributed by atoms with Gasteiger partial charge in [-0.2, -0.15) is 0 Å². The molecule has 1 amide bonds. The third kappa shape index (κ3) is 2.38. The predicted molar refractivity (Wildman–Crippen MR) is 84.5 cm³/mol. The van der Waals surface area contributed by atoms with Gasteiger partial charge in [0.15, 0.2) is 0 Å². The van der Waals surface area contributed by atoms with E-state index in [1.807, 2.05) is 0 Å². The van der Waals surface area contributed by atoms with Crippen molar-refractivity contribution in [2.75, 3.05) is 0 Å². The molecule has 1 aliphatic carbocycles. The van der Waals surface area contributed by atoms with Gasteiger partial charge in [-0.1, -0.05) is 24.3 Å². The van der Waals surface area contributed by atoms with E-state index in [0.717, 1.165) is 44.9 Å². The fraction of sp³-hybridized carbons (Fsp3) is 0.611. The molecule has 112 valence electrons. The number of alkyl halides is 1. The van der Waals surface area contributed by atoms with E-state index in [1.54, 1.807) is 0 Å². The molecule has 4 rings (SSSR count). The van der Waals surface area contributed by atoms with E-state index in [9.17, 15) is 4.79 Å². The summed E-state index contributed by atoms with van der Waals surface area (Å²) in [5.41, 5.74) is 2.81. The van der Waals surface area contributed by atoms with Crippen LogP contribution in [0.1, 0.15) is 43.2 Å². The second-order valence-corrected chi connectivity index (χ2v) is 7.52. The van der Waals surface area contributed by atoms with Crippen LogP contribution in [0.4, 0.5) is 0 Å². The van der Waals surface area contributed by atoms with E-state index >= 15 is 0 Å². The van der Waals surface area contributed by atoms with E-state index in [4.69, 9.17) is 11.6 Å². The molecule has 3 unspecified atom stereocenters. The van der Waals surface area contributed by atoms with Crippen LogP contribution < -0.4 is 0 Å². The molecule has 2 saturated heterocycles. The average Bonchev–Trinajstić information content (AvgIpc) is 2.78. The third-order valence-electron chi connectivity index (χ3n) is 5.63. The van der Waals surface area contributed by atoms with Gasteiger partial charge in [0.25, 0.3) is 0 Å². The molecule has 0 N–H and O–H groups in total. The number of fused-ring (bicyclic) bond motifs is 3. The van der Waals surface area contributed by atoms with Gasteiger partial charge in [-0.15, -0.1) is 11.6 Å². The van der Waals surface area contributed by atoms with E-state index < -0.39 is 0 Å². The highest BCUT2D eigenvalue weighted by Crippen LogP contribution is 2.40. The van der Waals surface area contributed by atoms with Gasteiger partial charge in [-0.3, -0.25) is 4.79 Å². The predicted octanol–water partition coefficient (Wildman–Crippen LogP) is 3.55. The summed E-state index contributed by atoms with van der Waals surface area (Å²) in [6.07, 6.45) is 7.28. The van der Waals surface area contributed by atoms with E-state index in [-0.39, 0.29) is 11.3 Å². The number of piperidine rings is 1. The molecule has 2 nitrogen and oxygen atoms in total. The van der Waals surface area contributed by atoms with Crippen molar-refractivity contribution in [3.05, 3.63) is 35.4 Å². The summed E-state index contributed by atoms with van der Waals surface area (Å²) in [7, 11) is 0. The van der Waals surface area contributed by atoms with Crippen LogP contribution in [0.25, 0.3) is 0 Å². The summed E-state index contributed by atoms with van der Waals surface area (Å²) in [6.45, 7) is 0. The van der Waals surface area contributed by atoms with Crippen LogP contribution in [0.2, 0.25) is 0 Å². The van der Waals surface area contributed by atoms with Crippen molar-refractivity contribution in [1.29, 1.82) is 0 Å². The third-order valence-corrected chi connectivity index (χ3v) is 5.98. The molecule has 2 bridgehead atoms. The molecule has 2 fully saturated rings. The Kier molecular flexibility index (Phi) is 3.45. The maximum Gasteiger partial charge on any atom is 0.226 e. The Balaban J connectivity index is 1.52. The van der Waals surface area contributed by atoms with Crippen LogP contribution in [0, 0.1) is 5.92 Å². The molecule has 1 aromatic carbocycles. The zero-order chi connectivity index (χ0) is 14.4. The number of hydrogen-bond donors (Lipinski definition) is 0. The Hall–Kier alpha value is -1.02. The van der Waals surface area contributed by atoms with Crippen molar-refractivity contribution < 1.29 is 4.79 Å². The number of benzene rings is 1. The first-order valence-electron chi connectivity index (χ1n) is 8.25. The highest BCUT2D eigenvalue weighted by Gasteiger charge is 2.44. The van der Waals surface area contributed by atoms with E-state index in [1.165, 1.54) is 11.1 Å². The zero-order valence-corrected chi connectivity index (χ0v) is 13.1.